The van der Waals surface area contributed by atoms with Crippen LogP contribution in [-0.4, -0.2) is 35.8 Å². The molecule has 0 bridgehead atoms. The number of methoxy groups -OCH3 is 1. The van der Waals surface area contributed by atoms with E-state index in [-0.39, 0.29) is 12.1 Å². The van der Waals surface area contributed by atoms with Crippen LogP contribution in [-0.2, 0) is 9.53 Å². The number of unbranched alkanes of at least 4 members (excludes halogenated alkanes) is 6. The van der Waals surface area contributed by atoms with Gasteiger partial charge in [0.25, 0.3) is 0 Å². The van der Waals surface area contributed by atoms with Crippen LogP contribution in [0.3, 0.4) is 0 Å². The average molecular weight is 345 g/mol. The molecule has 4 heteroatoms. The third-order valence-corrected chi connectivity index (χ3v) is 4.92. The normalized spacial score (nSPS) is 12.7. The smallest absolute Gasteiger partial charge is 0.305 e. The average Bonchev–Trinajstić information content (AvgIpc) is 2.56. The van der Waals surface area contributed by atoms with E-state index in [4.69, 9.17) is 0 Å². The monoisotopic (exact) mass is 344 g/mol. The van der Waals surface area contributed by atoms with Gasteiger partial charge < -0.3 is 9.84 Å². The largest absolute Gasteiger partial charge is 0.469 e. The van der Waals surface area contributed by atoms with Crippen LogP contribution < -0.4 is 0 Å². The molecule has 0 unspecified atom stereocenters. The number of aliphatic hydroxyl groups is 1. The molecule has 23 heavy (non-hydrogen) atoms. The summed E-state index contributed by atoms with van der Waals surface area (Å²) < 4.78 is 4.61. The summed E-state index contributed by atoms with van der Waals surface area (Å²) in [7, 11) is 1.44. The molecule has 1 N–H and O–H groups in total. The number of esters is 1. The van der Waals surface area contributed by atoms with Gasteiger partial charge in [-0.15, -0.1) is 0 Å². The number of ether oxygens (including phenoxy) is 1. The van der Waals surface area contributed by atoms with Crippen molar-refractivity contribution >= 4 is 17.7 Å². The highest BCUT2D eigenvalue weighted by atomic mass is 32.2. The number of aliphatic hydroxyl groups excluding tert-OH is 1. The lowest BCUT2D eigenvalue weighted by Gasteiger charge is -2.03. The molecule has 136 valence electrons. The first kappa shape index (κ1) is 22.5. The van der Waals surface area contributed by atoms with Crippen molar-refractivity contribution in [3.8, 4) is 0 Å². The van der Waals surface area contributed by atoms with Crippen LogP contribution in [0.2, 0.25) is 0 Å². The van der Waals surface area contributed by atoms with Gasteiger partial charge in [-0.05, 0) is 43.6 Å². The van der Waals surface area contributed by atoms with Gasteiger partial charge in [0.15, 0.2) is 0 Å². The van der Waals surface area contributed by atoms with Crippen molar-refractivity contribution in [2.45, 2.75) is 83.7 Å². The van der Waals surface area contributed by atoms with Crippen LogP contribution in [0.1, 0.15) is 77.6 Å². The summed E-state index contributed by atoms with van der Waals surface area (Å²) >= 11 is 1.94. The van der Waals surface area contributed by atoms with Gasteiger partial charge in [0.1, 0.15) is 0 Å². The molecule has 0 radical (unpaired) electrons. The van der Waals surface area contributed by atoms with Crippen LogP contribution in [0.5, 0.6) is 0 Å². The minimum absolute atomic E-state index is 0.0995. The number of thioether (sulfide) groups is 1. The second kappa shape index (κ2) is 17.9. The Labute approximate surface area is 147 Å². The van der Waals surface area contributed by atoms with Crippen LogP contribution in [0, 0.1) is 0 Å². The highest BCUT2D eigenvalue weighted by Crippen LogP contribution is 2.12. The highest BCUT2D eigenvalue weighted by molar-refractivity contribution is 7.99. The zero-order valence-corrected chi connectivity index (χ0v) is 15.9. The molecule has 0 aromatic rings. The maximum absolute atomic E-state index is 10.9. The molecule has 0 spiro atoms. The summed E-state index contributed by atoms with van der Waals surface area (Å²) in [5.74, 6) is 2.16. The number of hydrogen-bond donors (Lipinski definition) is 1. The van der Waals surface area contributed by atoms with E-state index in [9.17, 15) is 9.90 Å². The van der Waals surface area contributed by atoms with E-state index in [0.717, 1.165) is 37.9 Å². The second-order valence-electron chi connectivity index (χ2n) is 5.99. The van der Waals surface area contributed by atoms with Crippen molar-refractivity contribution in [2.75, 3.05) is 18.6 Å². The molecule has 0 aliphatic carbocycles. The Hall–Kier alpha value is -0.480. The van der Waals surface area contributed by atoms with E-state index in [2.05, 4.69) is 17.7 Å². The fourth-order valence-corrected chi connectivity index (χ4v) is 3.24. The Bertz CT molecular complexity index is 292. The van der Waals surface area contributed by atoms with E-state index in [1.807, 2.05) is 17.8 Å². The molecule has 3 nitrogen and oxygen atoms in total. The van der Waals surface area contributed by atoms with Gasteiger partial charge in [-0.25, -0.2) is 0 Å². The van der Waals surface area contributed by atoms with Gasteiger partial charge in [0.2, 0.25) is 0 Å². The zero-order valence-electron chi connectivity index (χ0n) is 15.1. The van der Waals surface area contributed by atoms with Crippen molar-refractivity contribution in [3.63, 3.8) is 0 Å². The van der Waals surface area contributed by atoms with Gasteiger partial charge >= 0.3 is 5.97 Å². The van der Waals surface area contributed by atoms with Crippen molar-refractivity contribution in [2.24, 2.45) is 0 Å². The molecule has 1 atom stereocenters. The Balaban J connectivity index is 3.19. The maximum Gasteiger partial charge on any atom is 0.305 e. The van der Waals surface area contributed by atoms with Crippen LogP contribution in [0.4, 0.5) is 0 Å². The Morgan fingerprint density at radius 1 is 1.09 bits per heavy atom. The van der Waals surface area contributed by atoms with E-state index in [0.29, 0.717) is 6.42 Å². The third kappa shape index (κ3) is 17.7. The van der Waals surface area contributed by atoms with Gasteiger partial charge in [0.05, 0.1) is 13.2 Å². The number of allylic oxidation sites excluding steroid dienone is 1. The van der Waals surface area contributed by atoms with Crippen LogP contribution in [0.15, 0.2) is 12.2 Å². The van der Waals surface area contributed by atoms with E-state index < -0.39 is 0 Å². The van der Waals surface area contributed by atoms with Crippen molar-refractivity contribution in [3.05, 3.63) is 12.2 Å². The van der Waals surface area contributed by atoms with Crippen molar-refractivity contribution in [1.82, 2.24) is 0 Å². The molecule has 0 fully saturated rings. The SMILES string of the molecule is CCCC[C@@H](O)C=CCCCCCCCSCCCC(=O)OC. The van der Waals surface area contributed by atoms with Crippen molar-refractivity contribution in [1.29, 1.82) is 0 Å². The molecular weight excluding hydrogens is 308 g/mol. The zero-order chi connectivity index (χ0) is 17.2. The number of hydrogen-bond acceptors (Lipinski definition) is 4. The molecule has 0 heterocycles. The standard InChI is InChI=1S/C19H36O3S/c1-3-4-13-18(20)14-10-8-6-5-7-9-11-16-23-17-12-15-19(21)22-2/h10,14,18,20H,3-9,11-13,15-17H2,1-2H3/t18-/m1/s1. The Morgan fingerprint density at radius 2 is 1.78 bits per heavy atom. The lowest BCUT2D eigenvalue weighted by molar-refractivity contribution is -0.140. The summed E-state index contributed by atoms with van der Waals surface area (Å²) in [4.78, 5) is 10.9. The summed E-state index contributed by atoms with van der Waals surface area (Å²) in [6, 6.07) is 0. The summed E-state index contributed by atoms with van der Waals surface area (Å²) in [6.45, 7) is 2.15. The van der Waals surface area contributed by atoms with Gasteiger partial charge in [0, 0.05) is 6.42 Å². The maximum atomic E-state index is 10.9. The number of rotatable bonds is 16. The predicted molar refractivity (Wildman–Crippen MR) is 101 cm³/mol. The Morgan fingerprint density at radius 3 is 2.52 bits per heavy atom. The first-order valence-corrected chi connectivity index (χ1v) is 10.4. The molecule has 0 aromatic carbocycles. The highest BCUT2D eigenvalue weighted by Gasteiger charge is 1.99. The van der Waals surface area contributed by atoms with Crippen LogP contribution in [0.25, 0.3) is 0 Å². The topological polar surface area (TPSA) is 46.5 Å². The lowest BCUT2D eigenvalue weighted by Crippen LogP contribution is -2.00. The van der Waals surface area contributed by atoms with Crippen molar-refractivity contribution < 1.29 is 14.6 Å². The molecule has 0 aliphatic heterocycles. The third-order valence-electron chi connectivity index (χ3n) is 3.77. The molecule has 0 rings (SSSR count). The molecule has 0 amide bonds. The molecule has 0 saturated carbocycles. The molecule has 0 saturated heterocycles. The first-order chi connectivity index (χ1) is 11.2. The summed E-state index contributed by atoms with van der Waals surface area (Å²) in [6.07, 6.45) is 15.9. The number of carbonyl (C=O) groups is 1. The van der Waals surface area contributed by atoms with Crippen LogP contribution >= 0.6 is 11.8 Å². The van der Waals surface area contributed by atoms with Gasteiger partial charge in [-0.1, -0.05) is 51.2 Å². The minimum atomic E-state index is -0.244. The van der Waals surface area contributed by atoms with Gasteiger partial charge in [-0.2, -0.15) is 11.8 Å². The van der Waals surface area contributed by atoms with E-state index in [1.54, 1.807) is 0 Å². The minimum Gasteiger partial charge on any atom is -0.469 e. The predicted octanol–water partition coefficient (Wildman–Crippen LogP) is 5.12. The quantitative estimate of drug-likeness (QED) is 0.240. The van der Waals surface area contributed by atoms with E-state index in [1.165, 1.54) is 45.0 Å². The molecule has 0 aliphatic rings. The second-order valence-corrected chi connectivity index (χ2v) is 7.21. The fraction of sp³-hybridized carbons (Fsp3) is 0.842. The first-order valence-electron chi connectivity index (χ1n) is 9.20. The van der Waals surface area contributed by atoms with E-state index >= 15 is 0 Å². The summed E-state index contributed by atoms with van der Waals surface area (Å²) in [5.41, 5.74) is 0. The van der Waals surface area contributed by atoms with Gasteiger partial charge in [-0.3, -0.25) is 4.79 Å². The summed E-state index contributed by atoms with van der Waals surface area (Å²) in [5, 5.41) is 9.67. The number of carbonyl (C=O) groups excluding carboxylic acids is 1. The lowest BCUT2D eigenvalue weighted by atomic mass is 10.1. The molecule has 0 aromatic heterocycles. The molecular formula is C19H36O3S. The fourth-order valence-electron chi connectivity index (χ4n) is 2.28. The Kier molecular flexibility index (Phi) is 17.5.